The Labute approximate surface area is 116 Å². The van der Waals surface area contributed by atoms with Crippen molar-refractivity contribution < 1.29 is 0 Å². The van der Waals surface area contributed by atoms with Gasteiger partial charge in [0.25, 0.3) is 0 Å². The molecule has 1 aliphatic rings. The Hall–Kier alpha value is -1.93. The summed E-state index contributed by atoms with van der Waals surface area (Å²) in [6, 6.07) is 0. The van der Waals surface area contributed by atoms with E-state index in [1.807, 2.05) is 0 Å². The lowest BCUT2D eigenvalue weighted by Gasteiger charge is -2.27. The van der Waals surface area contributed by atoms with Gasteiger partial charge in [-0.1, -0.05) is 0 Å². The average molecular weight is 277 g/mol. The fourth-order valence-electron chi connectivity index (χ4n) is 2.55. The highest BCUT2D eigenvalue weighted by Gasteiger charge is 2.14. The van der Waals surface area contributed by atoms with Crippen molar-refractivity contribution in [2.24, 2.45) is 0 Å². The highest BCUT2D eigenvalue weighted by molar-refractivity contribution is 5.81. The molecular weight excluding hydrogens is 258 g/mol. The third kappa shape index (κ3) is 2.39. The number of rotatable bonds is 3. The van der Waals surface area contributed by atoms with E-state index in [2.05, 4.69) is 25.2 Å². The predicted octanol–water partition coefficient (Wildman–Crippen LogP) is -1.08. The van der Waals surface area contributed by atoms with Gasteiger partial charge in [-0.05, 0) is 6.92 Å². The molecule has 0 atom stereocenters. The molecule has 2 aromatic heterocycles. The van der Waals surface area contributed by atoms with E-state index in [4.69, 9.17) is 5.73 Å². The van der Waals surface area contributed by atoms with Crippen molar-refractivity contribution in [1.29, 1.82) is 0 Å². The van der Waals surface area contributed by atoms with Crippen molar-refractivity contribution in [2.45, 2.75) is 13.5 Å². The Balaban J connectivity index is 1.87. The summed E-state index contributed by atoms with van der Waals surface area (Å²) in [4.78, 5) is 25.5. The first-order chi connectivity index (χ1) is 9.65. The SMILES string of the molecule is Cc1nc(N)c2[nH]c(=O)n(CCN3CCNCC3)c2n1. The maximum Gasteiger partial charge on any atom is 0.327 e. The zero-order valence-electron chi connectivity index (χ0n) is 11.5. The Morgan fingerprint density at radius 3 is 2.75 bits per heavy atom. The molecule has 0 radical (unpaired) electrons. The van der Waals surface area contributed by atoms with E-state index in [1.165, 1.54) is 0 Å². The molecule has 8 nitrogen and oxygen atoms in total. The van der Waals surface area contributed by atoms with Gasteiger partial charge >= 0.3 is 5.69 Å². The van der Waals surface area contributed by atoms with Crippen LogP contribution in [0.1, 0.15) is 5.82 Å². The van der Waals surface area contributed by atoms with Crippen molar-refractivity contribution in [2.75, 3.05) is 38.5 Å². The zero-order chi connectivity index (χ0) is 14.1. The Morgan fingerprint density at radius 1 is 1.25 bits per heavy atom. The second-order valence-corrected chi connectivity index (χ2v) is 5.03. The summed E-state index contributed by atoms with van der Waals surface area (Å²) in [7, 11) is 0. The van der Waals surface area contributed by atoms with Crippen LogP contribution in [0.15, 0.2) is 4.79 Å². The van der Waals surface area contributed by atoms with Crippen LogP contribution in [0, 0.1) is 6.92 Å². The number of aryl methyl sites for hydroxylation is 1. The molecule has 3 heterocycles. The van der Waals surface area contributed by atoms with Crippen LogP contribution in [0.4, 0.5) is 5.82 Å². The second-order valence-electron chi connectivity index (χ2n) is 5.03. The van der Waals surface area contributed by atoms with E-state index in [0.717, 1.165) is 32.7 Å². The number of nitrogens with two attached hydrogens (primary N) is 1. The molecule has 2 aromatic rings. The van der Waals surface area contributed by atoms with Gasteiger partial charge in [0, 0.05) is 39.3 Å². The lowest BCUT2D eigenvalue weighted by Crippen LogP contribution is -2.45. The van der Waals surface area contributed by atoms with Crippen LogP contribution < -0.4 is 16.7 Å². The quantitative estimate of drug-likeness (QED) is 0.659. The molecule has 20 heavy (non-hydrogen) atoms. The molecule has 108 valence electrons. The molecule has 1 saturated heterocycles. The Kier molecular flexibility index (Phi) is 3.41. The van der Waals surface area contributed by atoms with E-state index in [1.54, 1.807) is 11.5 Å². The van der Waals surface area contributed by atoms with Gasteiger partial charge in [-0.15, -0.1) is 0 Å². The van der Waals surface area contributed by atoms with Crippen LogP contribution in [0.2, 0.25) is 0 Å². The molecule has 0 aromatic carbocycles. The number of aromatic nitrogens is 4. The summed E-state index contributed by atoms with van der Waals surface area (Å²) >= 11 is 0. The normalized spacial score (nSPS) is 16.9. The Morgan fingerprint density at radius 2 is 2.00 bits per heavy atom. The molecule has 0 aliphatic carbocycles. The maximum absolute atomic E-state index is 12.0. The summed E-state index contributed by atoms with van der Waals surface area (Å²) < 4.78 is 1.64. The van der Waals surface area contributed by atoms with E-state index in [0.29, 0.717) is 29.4 Å². The number of H-pyrrole nitrogens is 1. The predicted molar refractivity (Wildman–Crippen MR) is 76.6 cm³/mol. The number of anilines is 1. The summed E-state index contributed by atoms with van der Waals surface area (Å²) in [6.07, 6.45) is 0. The van der Waals surface area contributed by atoms with E-state index < -0.39 is 0 Å². The van der Waals surface area contributed by atoms with Gasteiger partial charge in [-0.2, -0.15) is 0 Å². The lowest BCUT2D eigenvalue weighted by atomic mass is 10.3. The number of fused-ring (bicyclic) bond motifs is 1. The molecular formula is C12H19N7O. The molecule has 4 N–H and O–H groups in total. The van der Waals surface area contributed by atoms with Gasteiger partial charge in [-0.3, -0.25) is 9.47 Å². The number of aromatic amines is 1. The first-order valence-electron chi connectivity index (χ1n) is 6.81. The van der Waals surface area contributed by atoms with Gasteiger partial charge in [0.1, 0.15) is 11.3 Å². The summed E-state index contributed by atoms with van der Waals surface area (Å²) in [5, 5.41) is 3.31. The van der Waals surface area contributed by atoms with Crippen LogP contribution in [0.3, 0.4) is 0 Å². The molecule has 1 aliphatic heterocycles. The number of hydrogen-bond acceptors (Lipinski definition) is 6. The molecule has 0 unspecified atom stereocenters. The maximum atomic E-state index is 12.0. The first-order valence-corrected chi connectivity index (χ1v) is 6.81. The highest BCUT2D eigenvalue weighted by atomic mass is 16.1. The van der Waals surface area contributed by atoms with Gasteiger partial charge in [0.2, 0.25) is 0 Å². The van der Waals surface area contributed by atoms with Crippen LogP contribution in [0.25, 0.3) is 11.2 Å². The summed E-state index contributed by atoms with van der Waals surface area (Å²) in [6.45, 7) is 7.22. The largest absolute Gasteiger partial charge is 0.382 e. The summed E-state index contributed by atoms with van der Waals surface area (Å²) in [5.41, 5.74) is 6.77. The number of nitrogens with zero attached hydrogens (tertiary/aromatic N) is 4. The number of piperazine rings is 1. The van der Waals surface area contributed by atoms with Crippen molar-refractivity contribution in [3.05, 3.63) is 16.3 Å². The standard InChI is InChI=1S/C12H19N7O/c1-8-15-10(13)9-11(16-8)19(12(20)17-9)7-6-18-4-2-14-3-5-18/h14H,2-7H2,1H3,(H,17,20)(H2,13,15,16). The fourth-order valence-corrected chi connectivity index (χ4v) is 2.55. The van der Waals surface area contributed by atoms with E-state index in [9.17, 15) is 4.79 Å². The minimum atomic E-state index is -0.179. The third-order valence-corrected chi connectivity index (χ3v) is 3.61. The fraction of sp³-hybridized carbons (Fsp3) is 0.583. The number of nitrogen functional groups attached to an aromatic ring is 1. The monoisotopic (exact) mass is 277 g/mol. The molecule has 0 bridgehead atoms. The van der Waals surface area contributed by atoms with Crippen molar-refractivity contribution in [3.8, 4) is 0 Å². The van der Waals surface area contributed by atoms with Crippen LogP contribution >= 0.6 is 0 Å². The smallest absolute Gasteiger partial charge is 0.327 e. The lowest BCUT2D eigenvalue weighted by molar-refractivity contribution is 0.232. The van der Waals surface area contributed by atoms with Crippen molar-refractivity contribution in [1.82, 2.24) is 29.7 Å². The van der Waals surface area contributed by atoms with Crippen LogP contribution in [-0.4, -0.2) is 57.1 Å². The number of hydrogen-bond donors (Lipinski definition) is 3. The second kappa shape index (κ2) is 5.22. The van der Waals surface area contributed by atoms with Crippen molar-refractivity contribution >= 4 is 17.0 Å². The Bertz CT molecular complexity index is 668. The highest BCUT2D eigenvalue weighted by Crippen LogP contribution is 2.13. The number of imidazole rings is 1. The molecule has 0 saturated carbocycles. The number of nitrogens with one attached hydrogen (secondary N) is 2. The minimum absolute atomic E-state index is 0.179. The van der Waals surface area contributed by atoms with Crippen molar-refractivity contribution in [3.63, 3.8) is 0 Å². The molecule has 0 amide bonds. The van der Waals surface area contributed by atoms with Crippen LogP contribution in [-0.2, 0) is 6.54 Å². The molecule has 8 heteroatoms. The van der Waals surface area contributed by atoms with Crippen LogP contribution in [0.5, 0.6) is 0 Å². The van der Waals surface area contributed by atoms with Gasteiger partial charge in [-0.25, -0.2) is 14.8 Å². The van der Waals surface area contributed by atoms with Gasteiger partial charge < -0.3 is 16.0 Å². The minimum Gasteiger partial charge on any atom is -0.382 e. The van der Waals surface area contributed by atoms with Gasteiger partial charge in [0.15, 0.2) is 11.5 Å². The third-order valence-electron chi connectivity index (χ3n) is 3.61. The zero-order valence-corrected chi connectivity index (χ0v) is 11.5. The molecule has 1 fully saturated rings. The van der Waals surface area contributed by atoms with E-state index in [-0.39, 0.29) is 5.69 Å². The van der Waals surface area contributed by atoms with Gasteiger partial charge in [0.05, 0.1) is 0 Å². The first kappa shape index (κ1) is 13.1. The topological polar surface area (TPSA) is 105 Å². The summed E-state index contributed by atoms with van der Waals surface area (Å²) in [5.74, 6) is 0.899. The molecule has 3 rings (SSSR count). The molecule has 0 spiro atoms. The average Bonchev–Trinajstić information content (AvgIpc) is 2.74. The van der Waals surface area contributed by atoms with E-state index >= 15 is 0 Å².